The fraction of sp³-hybridized carbons (Fsp3) is 0.389. The number of hydrogen-bond donors (Lipinski definition) is 1. The van der Waals surface area contributed by atoms with Gasteiger partial charge in [-0.05, 0) is 12.3 Å². The van der Waals surface area contributed by atoms with E-state index in [0.717, 1.165) is 19.3 Å². The smallest absolute Gasteiger partial charge is 0.256 e. The molecule has 1 N–H and O–H groups in total. The number of unbranched alkanes of at least 4 members (excludes halogenated alkanes) is 1. The predicted octanol–water partition coefficient (Wildman–Crippen LogP) is 5.10. The number of anilines is 1. The van der Waals surface area contributed by atoms with Crippen LogP contribution in [0.25, 0.3) is 17.0 Å². The van der Waals surface area contributed by atoms with Crippen LogP contribution in [0.2, 0.25) is 5.15 Å². The lowest BCUT2D eigenvalue weighted by Crippen LogP contribution is -2.04. The first kappa shape index (κ1) is 19.4. The molecule has 3 aromatic rings. The molecule has 0 fully saturated rings. The molecule has 0 aliphatic rings. The van der Waals surface area contributed by atoms with Crippen LogP contribution in [0.3, 0.4) is 0 Å². The molecule has 0 unspecified atom stereocenters. The minimum atomic E-state index is -1.06. The number of halogens is 4. The maximum absolute atomic E-state index is 14.2. The third-order valence-electron chi connectivity index (χ3n) is 4.04. The molecule has 0 spiro atoms. The van der Waals surface area contributed by atoms with E-state index in [2.05, 4.69) is 34.2 Å². The summed E-state index contributed by atoms with van der Waals surface area (Å²) < 4.78 is 42.8. The van der Waals surface area contributed by atoms with Gasteiger partial charge < -0.3 is 5.32 Å². The number of hydrogen-bond acceptors (Lipinski definition) is 4. The van der Waals surface area contributed by atoms with E-state index in [-0.39, 0.29) is 22.6 Å². The van der Waals surface area contributed by atoms with Crippen molar-refractivity contribution in [3.63, 3.8) is 0 Å². The lowest BCUT2D eigenvalue weighted by Gasteiger charge is -2.07. The van der Waals surface area contributed by atoms with E-state index in [4.69, 9.17) is 11.6 Å². The largest absolute Gasteiger partial charge is 0.353 e. The molecule has 0 amide bonds. The maximum atomic E-state index is 14.2. The highest BCUT2D eigenvalue weighted by atomic mass is 35.5. The molecule has 9 heteroatoms. The summed E-state index contributed by atoms with van der Waals surface area (Å²) in [6.45, 7) is 5.00. The van der Waals surface area contributed by atoms with E-state index < -0.39 is 23.0 Å². The summed E-state index contributed by atoms with van der Waals surface area (Å²) in [6, 6.07) is 2.46. The van der Waals surface area contributed by atoms with E-state index in [9.17, 15) is 13.2 Å². The molecule has 5 nitrogen and oxygen atoms in total. The molecule has 0 bridgehead atoms. The van der Waals surface area contributed by atoms with Crippen molar-refractivity contribution in [2.75, 3.05) is 11.9 Å². The second-order valence-corrected chi connectivity index (χ2v) is 7.06. The highest BCUT2D eigenvalue weighted by molar-refractivity contribution is 6.29. The van der Waals surface area contributed by atoms with Gasteiger partial charge in [0, 0.05) is 24.7 Å². The van der Waals surface area contributed by atoms with Gasteiger partial charge in [-0.15, -0.1) is 5.10 Å². The molecule has 0 aliphatic heterocycles. The molecule has 0 saturated heterocycles. The van der Waals surface area contributed by atoms with Crippen molar-refractivity contribution in [1.82, 2.24) is 19.6 Å². The van der Waals surface area contributed by atoms with E-state index in [1.807, 2.05) is 0 Å². The first-order valence-electron chi connectivity index (χ1n) is 8.67. The molecule has 144 valence electrons. The number of fused-ring (bicyclic) bond motifs is 1. The first-order valence-corrected chi connectivity index (χ1v) is 9.05. The van der Waals surface area contributed by atoms with Gasteiger partial charge in [0.25, 0.3) is 5.78 Å². The van der Waals surface area contributed by atoms with Gasteiger partial charge in [-0.25, -0.2) is 13.2 Å². The van der Waals surface area contributed by atoms with Crippen LogP contribution in [0.5, 0.6) is 0 Å². The Balaban J connectivity index is 1.90. The zero-order valence-corrected chi connectivity index (χ0v) is 15.7. The molecule has 0 radical (unpaired) electrons. The van der Waals surface area contributed by atoms with Gasteiger partial charge in [-0.3, -0.25) is 0 Å². The second-order valence-electron chi connectivity index (χ2n) is 6.67. The molecule has 2 heterocycles. The van der Waals surface area contributed by atoms with Crippen molar-refractivity contribution < 1.29 is 13.2 Å². The van der Waals surface area contributed by atoms with Crippen molar-refractivity contribution in [2.45, 2.75) is 33.1 Å². The normalized spacial score (nSPS) is 11.5. The fourth-order valence-corrected chi connectivity index (χ4v) is 2.94. The van der Waals surface area contributed by atoms with Crippen molar-refractivity contribution in [1.29, 1.82) is 0 Å². The van der Waals surface area contributed by atoms with Gasteiger partial charge in [0.05, 0.1) is 11.3 Å². The Hall–Kier alpha value is -2.35. The van der Waals surface area contributed by atoms with Crippen LogP contribution in [0.4, 0.5) is 19.1 Å². The van der Waals surface area contributed by atoms with Crippen LogP contribution >= 0.6 is 11.6 Å². The molecular weight excluding hydrogens is 379 g/mol. The van der Waals surface area contributed by atoms with Crippen molar-refractivity contribution in [3.8, 4) is 11.3 Å². The van der Waals surface area contributed by atoms with Gasteiger partial charge in [0.2, 0.25) is 5.95 Å². The Labute approximate surface area is 159 Å². The minimum Gasteiger partial charge on any atom is -0.353 e. The van der Waals surface area contributed by atoms with E-state index in [1.165, 1.54) is 10.6 Å². The summed E-state index contributed by atoms with van der Waals surface area (Å²) in [5.74, 6) is -2.12. The zero-order valence-electron chi connectivity index (χ0n) is 14.9. The molecule has 27 heavy (non-hydrogen) atoms. The van der Waals surface area contributed by atoms with Gasteiger partial charge in [0.15, 0.2) is 0 Å². The van der Waals surface area contributed by atoms with Crippen molar-refractivity contribution in [2.24, 2.45) is 5.92 Å². The van der Waals surface area contributed by atoms with E-state index in [1.54, 1.807) is 0 Å². The summed E-state index contributed by atoms with van der Waals surface area (Å²) in [4.78, 5) is 8.22. The quantitative estimate of drug-likeness (QED) is 0.445. The number of nitrogens with one attached hydrogen (secondary N) is 1. The van der Waals surface area contributed by atoms with Gasteiger partial charge in [-0.2, -0.15) is 14.5 Å². The Bertz CT molecular complexity index is 935. The zero-order chi connectivity index (χ0) is 19.6. The highest BCUT2D eigenvalue weighted by Crippen LogP contribution is 2.29. The van der Waals surface area contributed by atoms with Crippen LogP contribution in [-0.2, 0) is 0 Å². The Morgan fingerprint density at radius 1 is 1.07 bits per heavy atom. The summed E-state index contributed by atoms with van der Waals surface area (Å²) in [7, 11) is 0. The van der Waals surface area contributed by atoms with E-state index in [0.29, 0.717) is 24.6 Å². The average molecular weight is 398 g/mol. The van der Waals surface area contributed by atoms with Gasteiger partial charge in [0.1, 0.15) is 22.6 Å². The Morgan fingerprint density at radius 3 is 2.44 bits per heavy atom. The molecular formula is C18H19ClF3N5. The molecule has 3 rings (SSSR count). The maximum Gasteiger partial charge on any atom is 0.256 e. The van der Waals surface area contributed by atoms with Crippen LogP contribution < -0.4 is 5.32 Å². The molecule has 0 saturated carbocycles. The summed E-state index contributed by atoms with van der Waals surface area (Å²) >= 11 is 5.96. The highest BCUT2D eigenvalue weighted by Gasteiger charge is 2.19. The van der Waals surface area contributed by atoms with Crippen LogP contribution in [0, 0.1) is 23.4 Å². The SMILES string of the molecule is CC(C)CCCCNc1nc2nc(Cl)cc(-c3c(F)cc(F)cc3F)n2n1. The molecule has 0 aliphatic carbocycles. The van der Waals surface area contributed by atoms with E-state index >= 15 is 0 Å². The number of rotatable bonds is 7. The molecule has 1 aromatic carbocycles. The lowest BCUT2D eigenvalue weighted by atomic mass is 10.1. The standard InChI is InChI=1S/C18H19ClF3N5/c1-10(2)5-3-4-6-23-17-25-18-24-15(19)9-14(27(18)26-17)16-12(21)7-11(20)8-13(16)22/h7-10H,3-6H2,1-2H3,(H,23,26). The monoisotopic (exact) mass is 397 g/mol. The second kappa shape index (κ2) is 8.12. The number of nitrogens with zero attached hydrogens (tertiary/aromatic N) is 4. The van der Waals surface area contributed by atoms with Crippen molar-refractivity contribution in [3.05, 3.63) is 40.8 Å². The third-order valence-corrected chi connectivity index (χ3v) is 4.23. The van der Waals surface area contributed by atoms with Crippen LogP contribution in [0.1, 0.15) is 33.1 Å². The average Bonchev–Trinajstić information content (AvgIpc) is 2.95. The fourth-order valence-electron chi connectivity index (χ4n) is 2.76. The topological polar surface area (TPSA) is 55.1 Å². The van der Waals surface area contributed by atoms with Crippen molar-refractivity contribution >= 4 is 23.3 Å². The number of aromatic nitrogens is 4. The third kappa shape index (κ3) is 4.50. The number of benzene rings is 1. The minimum absolute atomic E-state index is 0.000331. The van der Waals surface area contributed by atoms with Crippen LogP contribution in [0.15, 0.2) is 18.2 Å². The summed E-state index contributed by atoms with van der Waals surface area (Å²) in [6.07, 6.45) is 3.14. The Morgan fingerprint density at radius 2 is 1.78 bits per heavy atom. The predicted molar refractivity (Wildman–Crippen MR) is 98.3 cm³/mol. The van der Waals surface area contributed by atoms with Gasteiger partial charge in [-0.1, -0.05) is 38.3 Å². The molecule has 0 atom stereocenters. The first-order chi connectivity index (χ1) is 12.8. The Kier molecular flexibility index (Phi) is 5.84. The van der Waals surface area contributed by atoms with Gasteiger partial charge >= 0.3 is 0 Å². The summed E-state index contributed by atoms with van der Waals surface area (Å²) in [5.41, 5.74) is -0.445. The lowest BCUT2D eigenvalue weighted by molar-refractivity contribution is 0.544. The van der Waals surface area contributed by atoms with Crippen LogP contribution in [-0.4, -0.2) is 26.1 Å². The summed E-state index contributed by atoms with van der Waals surface area (Å²) in [5, 5.41) is 7.28. The molecule has 2 aromatic heterocycles.